The van der Waals surface area contributed by atoms with Crippen molar-refractivity contribution in [2.45, 2.75) is 81.6 Å². The van der Waals surface area contributed by atoms with Crippen molar-refractivity contribution in [2.75, 3.05) is 19.6 Å². The van der Waals surface area contributed by atoms with E-state index in [-0.39, 0.29) is 17.0 Å². The summed E-state index contributed by atoms with van der Waals surface area (Å²) in [6.07, 6.45) is 3.65. The summed E-state index contributed by atoms with van der Waals surface area (Å²) < 4.78 is 41.5. The summed E-state index contributed by atoms with van der Waals surface area (Å²) in [5.41, 5.74) is 2.77. The number of aromatic nitrogens is 3. The molecule has 0 N–H and O–H groups in total. The molecule has 0 radical (unpaired) electrons. The zero-order chi connectivity index (χ0) is 30.5. The molecule has 3 fully saturated rings. The fourth-order valence-corrected chi connectivity index (χ4v) is 8.25. The molecule has 3 aliphatic rings. The summed E-state index contributed by atoms with van der Waals surface area (Å²) in [4.78, 5) is 26.4. The van der Waals surface area contributed by atoms with Gasteiger partial charge >= 0.3 is 6.18 Å². The summed E-state index contributed by atoms with van der Waals surface area (Å²) in [5.74, 6) is 0.794. The fraction of sp³-hybridized carbons (Fsp3) is 0.457. The maximum Gasteiger partial charge on any atom is 0.417 e. The van der Waals surface area contributed by atoms with Gasteiger partial charge in [-0.15, -0.1) is 0 Å². The van der Waals surface area contributed by atoms with Gasteiger partial charge in [0.15, 0.2) is 0 Å². The minimum atomic E-state index is -4.48. The van der Waals surface area contributed by atoms with Crippen molar-refractivity contribution in [2.24, 2.45) is 0 Å². The van der Waals surface area contributed by atoms with Crippen molar-refractivity contribution < 1.29 is 18.0 Å². The zero-order valence-corrected chi connectivity index (χ0v) is 25.0. The number of piperidine rings is 2. The average molecular weight is 602 g/mol. The molecule has 3 atom stereocenters. The van der Waals surface area contributed by atoms with Gasteiger partial charge in [0.2, 0.25) is 0 Å². The van der Waals surface area contributed by atoms with Crippen molar-refractivity contribution >= 4 is 16.9 Å². The topological polar surface area (TPSA) is 54.3 Å². The second-order valence-electron chi connectivity index (χ2n) is 12.9. The minimum absolute atomic E-state index is 0.0565. The van der Waals surface area contributed by atoms with Crippen LogP contribution in [0.3, 0.4) is 0 Å². The molecule has 3 saturated heterocycles. The van der Waals surface area contributed by atoms with Crippen LogP contribution in [0.2, 0.25) is 0 Å². The lowest BCUT2D eigenvalue weighted by Gasteiger charge is -2.45. The van der Waals surface area contributed by atoms with Crippen LogP contribution in [0.4, 0.5) is 13.2 Å². The number of nitrogens with zero attached hydrogens (tertiary/aromatic N) is 5. The van der Waals surface area contributed by atoms with Crippen molar-refractivity contribution in [1.82, 2.24) is 24.3 Å². The third kappa shape index (κ3) is 5.29. The number of benzene rings is 2. The smallest absolute Gasteiger partial charge is 0.337 e. The van der Waals surface area contributed by atoms with Gasteiger partial charge in [-0.2, -0.15) is 13.2 Å². The van der Waals surface area contributed by atoms with E-state index in [1.54, 1.807) is 4.90 Å². The van der Waals surface area contributed by atoms with Crippen LogP contribution in [-0.4, -0.2) is 62.0 Å². The van der Waals surface area contributed by atoms with E-state index in [9.17, 15) is 18.0 Å². The van der Waals surface area contributed by atoms with Crippen LogP contribution in [0, 0.1) is 6.92 Å². The minimum Gasteiger partial charge on any atom is -0.337 e. The summed E-state index contributed by atoms with van der Waals surface area (Å²) in [5, 5.41) is 0. The molecule has 44 heavy (non-hydrogen) atoms. The van der Waals surface area contributed by atoms with E-state index < -0.39 is 11.7 Å². The highest BCUT2D eigenvalue weighted by Crippen LogP contribution is 2.45. The Labute approximate surface area is 255 Å². The first-order valence-corrected chi connectivity index (χ1v) is 15.8. The number of pyridine rings is 1. The van der Waals surface area contributed by atoms with Crippen LogP contribution in [0.1, 0.15) is 78.4 Å². The lowest BCUT2D eigenvalue weighted by atomic mass is 9.70. The van der Waals surface area contributed by atoms with Gasteiger partial charge in [0.25, 0.3) is 5.91 Å². The Morgan fingerprint density at radius 3 is 2.25 bits per heavy atom. The molecule has 2 aromatic carbocycles. The molecule has 0 spiro atoms. The SMILES string of the molecule is Cc1nc2ccccc2n1[C@H]1C[C@H]2CC[C@@H](C1)N2CCC1(c2ccccc2)CCN(C(=O)c2ccc(C(F)(F)F)cn2)CC1. The lowest BCUT2D eigenvalue weighted by Crippen LogP contribution is -2.49. The number of rotatable bonds is 6. The number of para-hydroxylation sites is 2. The number of alkyl halides is 3. The van der Waals surface area contributed by atoms with Gasteiger partial charge in [0.05, 0.1) is 16.6 Å². The molecular weight excluding hydrogens is 563 g/mol. The predicted molar refractivity (Wildman–Crippen MR) is 163 cm³/mol. The van der Waals surface area contributed by atoms with Crippen LogP contribution >= 0.6 is 0 Å². The third-order valence-corrected chi connectivity index (χ3v) is 10.5. The fourth-order valence-electron chi connectivity index (χ4n) is 8.25. The molecule has 9 heteroatoms. The molecule has 7 rings (SSSR count). The number of halogens is 3. The quantitative estimate of drug-likeness (QED) is 0.235. The first kappa shape index (κ1) is 29.0. The van der Waals surface area contributed by atoms with Crippen LogP contribution in [-0.2, 0) is 11.6 Å². The Kier molecular flexibility index (Phi) is 7.47. The molecule has 230 valence electrons. The van der Waals surface area contributed by atoms with Gasteiger partial charge in [-0.3, -0.25) is 14.7 Å². The second kappa shape index (κ2) is 11.3. The van der Waals surface area contributed by atoms with Crippen molar-refractivity contribution in [3.63, 3.8) is 0 Å². The monoisotopic (exact) mass is 601 g/mol. The van der Waals surface area contributed by atoms with Crippen molar-refractivity contribution in [3.05, 3.63) is 95.6 Å². The van der Waals surface area contributed by atoms with Crippen LogP contribution in [0.25, 0.3) is 11.0 Å². The van der Waals surface area contributed by atoms with Gasteiger partial charge in [-0.25, -0.2) is 4.98 Å². The maximum atomic E-state index is 13.2. The largest absolute Gasteiger partial charge is 0.417 e. The predicted octanol–water partition coefficient (Wildman–Crippen LogP) is 7.19. The Morgan fingerprint density at radius 2 is 1.59 bits per heavy atom. The number of carbonyl (C=O) groups is 1. The standard InChI is InChI=1S/C35H38F3N5O/c1-24-40-30-9-5-6-10-32(30)43(24)29-21-27-12-13-28(22-29)42(27)20-17-34(25-7-3-2-4-8-25)15-18-41(19-16-34)33(44)31-14-11-26(23-39-31)35(36,37)38/h2-11,14,23,27-29H,12-13,15-22H2,1H3/t27-,28+,29+. The molecular formula is C35H38F3N5O. The van der Waals surface area contributed by atoms with Crippen LogP contribution < -0.4 is 0 Å². The number of aryl methyl sites for hydroxylation is 1. The highest BCUT2D eigenvalue weighted by atomic mass is 19.4. The van der Waals surface area contributed by atoms with E-state index in [0.717, 1.165) is 62.3 Å². The number of hydrogen-bond acceptors (Lipinski definition) is 4. The normalized spacial score (nSPS) is 23.7. The van der Waals surface area contributed by atoms with Gasteiger partial charge in [0, 0.05) is 37.4 Å². The van der Waals surface area contributed by atoms with E-state index in [2.05, 4.69) is 69.9 Å². The molecule has 0 saturated carbocycles. The van der Waals surface area contributed by atoms with Gasteiger partial charge < -0.3 is 9.47 Å². The Morgan fingerprint density at radius 1 is 0.909 bits per heavy atom. The van der Waals surface area contributed by atoms with E-state index in [1.165, 1.54) is 30.0 Å². The second-order valence-corrected chi connectivity index (χ2v) is 12.9. The molecule has 2 aromatic heterocycles. The van der Waals surface area contributed by atoms with Crippen molar-refractivity contribution in [1.29, 1.82) is 0 Å². The first-order chi connectivity index (χ1) is 21.2. The number of imidazole rings is 1. The lowest BCUT2D eigenvalue weighted by molar-refractivity contribution is -0.137. The first-order valence-electron chi connectivity index (χ1n) is 15.8. The summed E-state index contributed by atoms with van der Waals surface area (Å²) in [6.45, 7) is 4.26. The number of carbonyl (C=O) groups excluding carboxylic acids is 1. The number of fused-ring (bicyclic) bond motifs is 3. The van der Waals surface area contributed by atoms with Crippen LogP contribution in [0.5, 0.6) is 0 Å². The average Bonchev–Trinajstić information content (AvgIpc) is 3.50. The molecule has 5 heterocycles. The highest BCUT2D eigenvalue weighted by molar-refractivity contribution is 5.92. The Balaban J connectivity index is 1.04. The number of hydrogen-bond donors (Lipinski definition) is 0. The zero-order valence-electron chi connectivity index (χ0n) is 25.0. The summed E-state index contributed by atoms with van der Waals surface area (Å²) >= 11 is 0. The van der Waals surface area contributed by atoms with E-state index in [4.69, 9.17) is 4.98 Å². The van der Waals surface area contributed by atoms with Crippen molar-refractivity contribution in [3.8, 4) is 0 Å². The van der Waals surface area contributed by atoms with Gasteiger partial charge in [-0.1, -0.05) is 42.5 Å². The Hall–Kier alpha value is -3.72. The van der Waals surface area contributed by atoms with E-state index in [0.29, 0.717) is 31.2 Å². The summed E-state index contributed by atoms with van der Waals surface area (Å²) in [7, 11) is 0. The molecule has 3 aliphatic heterocycles. The van der Waals surface area contributed by atoms with E-state index >= 15 is 0 Å². The molecule has 0 unspecified atom stereocenters. The van der Waals surface area contributed by atoms with Gasteiger partial charge in [0.1, 0.15) is 11.5 Å². The van der Waals surface area contributed by atoms with E-state index in [1.807, 2.05) is 6.07 Å². The summed E-state index contributed by atoms with van der Waals surface area (Å²) in [6, 6.07) is 22.8. The van der Waals surface area contributed by atoms with Crippen LogP contribution in [0.15, 0.2) is 72.9 Å². The molecule has 4 aromatic rings. The molecule has 6 nitrogen and oxygen atoms in total. The number of likely N-dealkylation sites (tertiary alicyclic amines) is 1. The van der Waals surface area contributed by atoms with Gasteiger partial charge in [-0.05, 0) is 93.7 Å². The Bertz CT molecular complexity index is 1610. The maximum absolute atomic E-state index is 13.2. The molecule has 1 amide bonds. The molecule has 2 bridgehead atoms. The highest BCUT2D eigenvalue weighted by Gasteiger charge is 2.44. The molecule has 0 aliphatic carbocycles. The third-order valence-electron chi connectivity index (χ3n) is 10.5. The number of amides is 1.